The Morgan fingerprint density at radius 2 is 1.95 bits per heavy atom. The van der Waals surface area contributed by atoms with E-state index in [4.69, 9.17) is 4.52 Å². The van der Waals surface area contributed by atoms with E-state index in [1.54, 1.807) is 0 Å². The maximum atomic E-state index is 12.5. The summed E-state index contributed by atoms with van der Waals surface area (Å²) in [6.45, 7) is 9.97. The topological polar surface area (TPSA) is 76.3 Å². The van der Waals surface area contributed by atoms with Gasteiger partial charge in [0.2, 0.25) is 17.7 Å². The van der Waals surface area contributed by atoms with Crippen molar-refractivity contribution < 1.29 is 14.1 Å². The summed E-state index contributed by atoms with van der Waals surface area (Å²) in [5.41, 5.74) is -0.601. The fraction of sp³-hybridized carbons (Fsp3) is 0.733. The van der Waals surface area contributed by atoms with Gasteiger partial charge in [0.15, 0.2) is 5.82 Å². The number of nitrogens with zero attached hydrogens (tertiary/aromatic N) is 3. The van der Waals surface area contributed by atoms with Crippen LogP contribution in [0.15, 0.2) is 4.52 Å². The van der Waals surface area contributed by atoms with Crippen LogP contribution in [0.3, 0.4) is 0 Å². The van der Waals surface area contributed by atoms with Gasteiger partial charge in [0.05, 0.1) is 12.0 Å². The number of rotatable bonds is 5. The molecular formula is C15H23N3O3. The van der Waals surface area contributed by atoms with Crippen LogP contribution in [-0.4, -0.2) is 26.9 Å². The predicted octanol–water partition coefficient (Wildman–Crippen LogP) is 2.50. The highest BCUT2D eigenvalue weighted by atomic mass is 16.5. The second kappa shape index (κ2) is 5.58. The van der Waals surface area contributed by atoms with E-state index >= 15 is 0 Å². The highest BCUT2D eigenvalue weighted by molar-refractivity contribution is 6.05. The molecule has 0 N–H and O–H groups in total. The van der Waals surface area contributed by atoms with E-state index in [1.165, 1.54) is 4.90 Å². The number of hydrogen-bond acceptors (Lipinski definition) is 5. The molecule has 1 aliphatic heterocycles. The van der Waals surface area contributed by atoms with Crippen molar-refractivity contribution in [3.63, 3.8) is 0 Å². The molecule has 0 saturated carbocycles. The molecule has 2 amide bonds. The summed E-state index contributed by atoms with van der Waals surface area (Å²) in [5.74, 6) is 1.12. The van der Waals surface area contributed by atoms with E-state index in [9.17, 15) is 9.59 Å². The fourth-order valence-electron chi connectivity index (χ4n) is 2.87. The molecule has 116 valence electrons. The Hall–Kier alpha value is -1.72. The second-order valence-electron chi connectivity index (χ2n) is 6.82. The van der Waals surface area contributed by atoms with Gasteiger partial charge in [-0.15, -0.1) is 0 Å². The molecule has 2 rings (SSSR count). The summed E-state index contributed by atoms with van der Waals surface area (Å²) in [7, 11) is 0. The Kier molecular flexibility index (Phi) is 4.16. The largest absolute Gasteiger partial charge is 0.339 e. The number of amides is 2. The number of aromatic nitrogens is 2. The molecule has 1 fully saturated rings. The first-order valence-electron chi connectivity index (χ1n) is 7.40. The Morgan fingerprint density at radius 1 is 1.29 bits per heavy atom. The number of imide groups is 1. The molecule has 1 atom stereocenters. The Labute approximate surface area is 124 Å². The Bertz CT molecular complexity index is 550. The minimum atomic E-state index is -0.601. The molecule has 1 aromatic heterocycles. The van der Waals surface area contributed by atoms with Gasteiger partial charge in [0.25, 0.3) is 0 Å². The van der Waals surface area contributed by atoms with Gasteiger partial charge in [-0.2, -0.15) is 4.98 Å². The van der Waals surface area contributed by atoms with E-state index in [0.717, 1.165) is 0 Å². The Balaban J connectivity index is 2.13. The quantitative estimate of drug-likeness (QED) is 0.780. The average molecular weight is 293 g/mol. The van der Waals surface area contributed by atoms with Gasteiger partial charge in [-0.25, -0.2) is 0 Å². The minimum Gasteiger partial charge on any atom is -0.339 e. The van der Waals surface area contributed by atoms with Gasteiger partial charge in [0.1, 0.15) is 0 Å². The average Bonchev–Trinajstić information content (AvgIpc) is 2.88. The van der Waals surface area contributed by atoms with Crippen LogP contribution in [0.25, 0.3) is 0 Å². The molecule has 21 heavy (non-hydrogen) atoms. The zero-order valence-corrected chi connectivity index (χ0v) is 13.3. The molecular weight excluding hydrogens is 270 g/mol. The second-order valence-corrected chi connectivity index (χ2v) is 6.82. The third-order valence-electron chi connectivity index (χ3n) is 3.74. The lowest BCUT2D eigenvalue weighted by atomic mass is 9.80. The highest BCUT2D eigenvalue weighted by Gasteiger charge is 2.48. The fourth-order valence-corrected chi connectivity index (χ4v) is 2.87. The van der Waals surface area contributed by atoms with Gasteiger partial charge in [-0.1, -0.05) is 39.8 Å². The van der Waals surface area contributed by atoms with Gasteiger partial charge in [0, 0.05) is 12.3 Å². The van der Waals surface area contributed by atoms with Crippen LogP contribution in [0.1, 0.15) is 65.1 Å². The van der Waals surface area contributed by atoms with Gasteiger partial charge < -0.3 is 4.52 Å². The molecule has 0 unspecified atom stereocenters. The smallest absolute Gasteiger partial charge is 0.236 e. The van der Waals surface area contributed by atoms with E-state index in [-0.39, 0.29) is 30.7 Å². The van der Waals surface area contributed by atoms with Crippen LogP contribution >= 0.6 is 0 Å². The van der Waals surface area contributed by atoms with Crippen molar-refractivity contribution in [3.05, 3.63) is 11.7 Å². The lowest BCUT2D eigenvalue weighted by molar-refractivity contribution is -0.142. The van der Waals surface area contributed by atoms with Crippen molar-refractivity contribution in [2.45, 2.75) is 59.9 Å². The van der Waals surface area contributed by atoms with Gasteiger partial charge in [-0.05, 0) is 12.3 Å². The van der Waals surface area contributed by atoms with Crippen molar-refractivity contribution in [1.82, 2.24) is 15.0 Å². The lowest BCUT2D eigenvalue weighted by Gasteiger charge is -2.23. The van der Waals surface area contributed by atoms with Crippen molar-refractivity contribution in [2.75, 3.05) is 0 Å². The zero-order valence-electron chi connectivity index (χ0n) is 13.3. The van der Waals surface area contributed by atoms with Crippen LogP contribution in [0.2, 0.25) is 0 Å². The van der Waals surface area contributed by atoms with Crippen molar-refractivity contribution >= 4 is 11.8 Å². The first-order valence-corrected chi connectivity index (χ1v) is 7.40. The molecule has 0 aliphatic carbocycles. The SMILES string of the molecule is CC(C)C[C@@]1(C)CC(=O)N(Cc2noc(C(C)C)n2)C1=O. The molecule has 0 bridgehead atoms. The van der Waals surface area contributed by atoms with Crippen molar-refractivity contribution in [3.8, 4) is 0 Å². The molecule has 0 radical (unpaired) electrons. The molecule has 6 nitrogen and oxygen atoms in total. The summed E-state index contributed by atoms with van der Waals surface area (Å²) in [4.78, 5) is 30.2. The molecule has 0 spiro atoms. The van der Waals surface area contributed by atoms with Crippen LogP contribution in [0, 0.1) is 11.3 Å². The van der Waals surface area contributed by atoms with Crippen LogP contribution in [0.5, 0.6) is 0 Å². The van der Waals surface area contributed by atoms with Gasteiger partial charge in [-0.3, -0.25) is 14.5 Å². The molecule has 6 heteroatoms. The first-order chi connectivity index (χ1) is 9.73. The molecule has 1 aliphatic rings. The summed E-state index contributed by atoms with van der Waals surface area (Å²) in [5, 5.41) is 3.85. The molecule has 0 aromatic carbocycles. The van der Waals surface area contributed by atoms with E-state index < -0.39 is 5.41 Å². The maximum Gasteiger partial charge on any atom is 0.236 e. The van der Waals surface area contributed by atoms with E-state index in [1.807, 2.05) is 20.8 Å². The van der Waals surface area contributed by atoms with E-state index in [0.29, 0.717) is 24.1 Å². The highest BCUT2D eigenvalue weighted by Crippen LogP contribution is 2.38. The number of carbonyl (C=O) groups excluding carboxylic acids is 2. The summed E-state index contributed by atoms with van der Waals surface area (Å²) in [6, 6.07) is 0. The van der Waals surface area contributed by atoms with Crippen LogP contribution < -0.4 is 0 Å². The number of hydrogen-bond donors (Lipinski definition) is 0. The van der Waals surface area contributed by atoms with Gasteiger partial charge >= 0.3 is 0 Å². The monoisotopic (exact) mass is 293 g/mol. The standard InChI is InChI=1S/C15H23N3O3/c1-9(2)6-15(5)7-12(19)18(14(15)20)8-11-16-13(10(3)4)21-17-11/h9-10H,6-8H2,1-5H3/t15-/m0/s1. The number of carbonyl (C=O) groups is 2. The van der Waals surface area contributed by atoms with Crippen molar-refractivity contribution in [1.29, 1.82) is 0 Å². The number of likely N-dealkylation sites (tertiary alicyclic amines) is 1. The maximum absolute atomic E-state index is 12.5. The first kappa shape index (κ1) is 15.7. The normalized spacial score (nSPS) is 22.9. The molecule has 1 saturated heterocycles. The molecule has 2 heterocycles. The third kappa shape index (κ3) is 3.14. The van der Waals surface area contributed by atoms with Crippen LogP contribution in [-0.2, 0) is 16.1 Å². The predicted molar refractivity (Wildman–Crippen MR) is 76.1 cm³/mol. The lowest BCUT2D eigenvalue weighted by Crippen LogP contribution is -2.34. The van der Waals surface area contributed by atoms with E-state index in [2.05, 4.69) is 24.0 Å². The van der Waals surface area contributed by atoms with Crippen LogP contribution in [0.4, 0.5) is 0 Å². The minimum absolute atomic E-state index is 0.0988. The summed E-state index contributed by atoms with van der Waals surface area (Å²) < 4.78 is 5.11. The summed E-state index contributed by atoms with van der Waals surface area (Å²) >= 11 is 0. The third-order valence-corrected chi connectivity index (χ3v) is 3.74. The molecule has 1 aromatic rings. The zero-order chi connectivity index (χ0) is 15.8. The van der Waals surface area contributed by atoms with Crippen molar-refractivity contribution in [2.24, 2.45) is 11.3 Å². The Morgan fingerprint density at radius 3 is 2.48 bits per heavy atom. The summed E-state index contributed by atoms with van der Waals surface area (Å²) in [6.07, 6.45) is 0.969.